The number of hydrogen-bond acceptors (Lipinski definition) is 6. The molecule has 0 aliphatic rings. The van der Waals surface area contributed by atoms with Gasteiger partial charge in [-0.05, 0) is 36.0 Å². The van der Waals surface area contributed by atoms with Crippen molar-refractivity contribution in [1.82, 2.24) is 20.2 Å². The van der Waals surface area contributed by atoms with Crippen LogP contribution < -0.4 is 5.32 Å². The van der Waals surface area contributed by atoms with Crippen molar-refractivity contribution in [2.75, 3.05) is 5.32 Å². The van der Waals surface area contributed by atoms with Gasteiger partial charge < -0.3 is 5.32 Å². The summed E-state index contributed by atoms with van der Waals surface area (Å²) in [5, 5.41) is 10.7. The molecule has 7 heteroatoms. The van der Waals surface area contributed by atoms with Crippen molar-refractivity contribution in [3.05, 3.63) is 90.8 Å². The largest absolute Gasteiger partial charge is 0.363 e. The summed E-state index contributed by atoms with van der Waals surface area (Å²) in [6.07, 6.45) is 6.35. The van der Waals surface area contributed by atoms with Gasteiger partial charge >= 0.3 is 0 Å². The molecule has 2 aromatic heterocycles. The highest BCUT2D eigenvalue weighted by atomic mass is 19.1. The summed E-state index contributed by atoms with van der Waals surface area (Å²) >= 11 is 0. The van der Waals surface area contributed by atoms with Gasteiger partial charge in [-0.1, -0.05) is 43.0 Å². The minimum Gasteiger partial charge on any atom is -0.363 e. The Morgan fingerprint density at radius 1 is 0.968 bits per heavy atom. The summed E-state index contributed by atoms with van der Waals surface area (Å²) < 4.78 is 15.1. The second-order valence-corrected chi connectivity index (χ2v) is 6.70. The van der Waals surface area contributed by atoms with Gasteiger partial charge in [-0.2, -0.15) is 10.2 Å². The van der Waals surface area contributed by atoms with Crippen molar-refractivity contribution in [2.45, 2.75) is 6.54 Å². The van der Waals surface area contributed by atoms with Crippen molar-refractivity contribution in [1.29, 1.82) is 0 Å². The molecule has 4 aromatic rings. The number of benzene rings is 2. The van der Waals surface area contributed by atoms with Crippen LogP contribution in [-0.4, -0.2) is 26.9 Å². The van der Waals surface area contributed by atoms with Gasteiger partial charge in [-0.25, -0.2) is 14.4 Å². The third-order valence-electron chi connectivity index (χ3n) is 4.81. The van der Waals surface area contributed by atoms with E-state index in [-0.39, 0.29) is 11.5 Å². The Morgan fingerprint density at radius 2 is 1.77 bits per heavy atom. The normalized spacial score (nSPS) is 10.5. The molecule has 0 bridgehead atoms. The highest BCUT2D eigenvalue weighted by Gasteiger charge is 2.14. The number of nitrogens with zero attached hydrogens (tertiary/aromatic N) is 5. The fraction of sp³-hybridized carbons (Fsp3) is 0.0417. The zero-order valence-electron chi connectivity index (χ0n) is 16.7. The number of aromatic nitrogens is 4. The van der Waals surface area contributed by atoms with Gasteiger partial charge in [-0.3, -0.25) is 4.99 Å². The summed E-state index contributed by atoms with van der Waals surface area (Å²) in [7, 11) is 0. The van der Waals surface area contributed by atoms with E-state index in [9.17, 15) is 0 Å². The summed E-state index contributed by atoms with van der Waals surface area (Å²) in [6, 6.07) is 15.1. The first-order chi connectivity index (χ1) is 15.2. The van der Waals surface area contributed by atoms with E-state index in [1.807, 2.05) is 30.3 Å². The summed E-state index contributed by atoms with van der Waals surface area (Å²) in [5.41, 5.74) is 5.25. The number of nitrogens with one attached hydrogen (secondary N) is 1. The predicted molar refractivity (Wildman–Crippen MR) is 122 cm³/mol. The van der Waals surface area contributed by atoms with Crippen molar-refractivity contribution >= 4 is 24.3 Å². The molecule has 2 heterocycles. The molecule has 6 nitrogen and oxygen atoms in total. The summed E-state index contributed by atoms with van der Waals surface area (Å²) in [5.74, 6) is -0.380. The van der Waals surface area contributed by atoms with E-state index in [1.54, 1.807) is 36.7 Å². The monoisotopic (exact) mass is 410 g/mol. The van der Waals surface area contributed by atoms with Crippen LogP contribution in [0.15, 0.2) is 78.8 Å². The predicted octanol–water partition coefficient (Wildman–Crippen LogP) is 5.33. The summed E-state index contributed by atoms with van der Waals surface area (Å²) in [4.78, 5) is 12.1. The standard InChI is InChI=1S/C24H19FN6/c1-3-17-12-19(8-9-21(17)26-2)23-22(25)24(29-15-28-23)27-13-16-4-6-18(7-5-16)20-10-11-30-31-14-20/h3-12,14-15H,1-2,13H2,(H,27,28,29). The van der Waals surface area contributed by atoms with Crippen LogP contribution in [0, 0.1) is 5.82 Å². The maximum Gasteiger partial charge on any atom is 0.191 e. The summed E-state index contributed by atoms with van der Waals surface area (Å²) in [6.45, 7) is 7.72. The van der Waals surface area contributed by atoms with Gasteiger partial charge in [0.25, 0.3) is 0 Å². The number of rotatable bonds is 7. The molecule has 0 aliphatic carbocycles. The SMILES string of the molecule is C=Cc1cc(-c2ncnc(NCc3ccc(-c4ccnnc4)cc3)c2F)ccc1N=C. The molecule has 0 spiro atoms. The van der Waals surface area contributed by atoms with Crippen molar-refractivity contribution < 1.29 is 4.39 Å². The lowest BCUT2D eigenvalue weighted by Crippen LogP contribution is -2.05. The first-order valence-corrected chi connectivity index (χ1v) is 9.53. The van der Waals surface area contributed by atoms with Gasteiger partial charge in [0.2, 0.25) is 0 Å². The fourth-order valence-corrected chi connectivity index (χ4v) is 3.17. The quantitative estimate of drug-likeness (QED) is 0.417. The lowest BCUT2D eigenvalue weighted by atomic mass is 10.1. The maximum absolute atomic E-state index is 15.1. The molecule has 0 unspecified atom stereocenters. The molecule has 152 valence electrons. The maximum atomic E-state index is 15.1. The first-order valence-electron chi connectivity index (χ1n) is 9.53. The van der Waals surface area contributed by atoms with Gasteiger partial charge in [0, 0.05) is 23.2 Å². The lowest BCUT2D eigenvalue weighted by molar-refractivity contribution is 0.621. The Bertz CT molecular complexity index is 1220. The molecule has 0 aliphatic heterocycles. The molecule has 31 heavy (non-hydrogen) atoms. The highest BCUT2D eigenvalue weighted by molar-refractivity contribution is 5.73. The van der Waals surface area contributed by atoms with Gasteiger partial charge in [0.1, 0.15) is 12.0 Å². The average Bonchev–Trinajstić information content (AvgIpc) is 2.84. The van der Waals surface area contributed by atoms with Crippen LogP contribution in [0.4, 0.5) is 15.9 Å². The molecular formula is C24H19FN6. The van der Waals surface area contributed by atoms with Gasteiger partial charge in [0.15, 0.2) is 11.6 Å². The van der Waals surface area contributed by atoms with Crippen molar-refractivity contribution in [3.63, 3.8) is 0 Å². The van der Waals surface area contributed by atoms with E-state index in [0.29, 0.717) is 17.8 Å². The Hall–Kier alpha value is -4.26. The Kier molecular flexibility index (Phi) is 5.84. The zero-order valence-corrected chi connectivity index (χ0v) is 16.7. The molecule has 1 N–H and O–H groups in total. The van der Waals surface area contributed by atoms with Crippen molar-refractivity contribution in [3.8, 4) is 22.4 Å². The highest BCUT2D eigenvalue weighted by Crippen LogP contribution is 2.29. The molecule has 4 rings (SSSR count). The number of halogens is 1. The van der Waals surface area contributed by atoms with Crippen LogP contribution in [-0.2, 0) is 6.54 Å². The van der Waals surface area contributed by atoms with Crippen LogP contribution in [0.25, 0.3) is 28.5 Å². The minimum absolute atomic E-state index is 0.137. The van der Waals surface area contributed by atoms with Crippen molar-refractivity contribution in [2.24, 2.45) is 4.99 Å². The lowest BCUT2D eigenvalue weighted by Gasteiger charge is -2.11. The molecule has 2 aromatic carbocycles. The van der Waals surface area contributed by atoms with E-state index in [0.717, 1.165) is 22.3 Å². The molecule has 0 fully saturated rings. The number of aliphatic imine (C=N–C) groups is 1. The second kappa shape index (κ2) is 9.04. The Labute approximate surface area is 179 Å². The second-order valence-electron chi connectivity index (χ2n) is 6.70. The van der Waals surface area contributed by atoms with Gasteiger partial charge in [0.05, 0.1) is 18.1 Å². The van der Waals surface area contributed by atoms with E-state index in [2.05, 4.69) is 43.8 Å². The van der Waals surface area contributed by atoms with Crippen LogP contribution in [0.5, 0.6) is 0 Å². The van der Waals surface area contributed by atoms with E-state index in [1.165, 1.54) is 6.33 Å². The minimum atomic E-state index is -0.517. The molecule has 0 saturated carbocycles. The van der Waals surface area contributed by atoms with E-state index < -0.39 is 5.82 Å². The van der Waals surface area contributed by atoms with E-state index in [4.69, 9.17) is 0 Å². The third-order valence-corrected chi connectivity index (χ3v) is 4.81. The Balaban J connectivity index is 1.53. The zero-order chi connectivity index (χ0) is 21.6. The van der Waals surface area contributed by atoms with E-state index >= 15 is 4.39 Å². The molecule has 0 saturated heterocycles. The smallest absolute Gasteiger partial charge is 0.191 e. The van der Waals surface area contributed by atoms with Crippen LogP contribution in [0.1, 0.15) is 11.1 Å². The molecule has 0 amide bonds. The molecule has 0 radical (unpaired) electrons. The average molecular weight is 410 g/mol. The first kappa shape index (κ1) is 20.0. The molecular weight excluding hydrogens is 391 g/mol. The van der Waals surface area contributed by atoms with Crippen LogP contribution in [0.3, 0.4) is 0 Å². The van der Waals surface area contributed by atoms with Gasteiger partial charge in [-0.15, -0.1) is 0 Å². The third kappa shape index (κ3) is 4.35. The topological polar surface area (TPSA) is 76.0 Å². The number of anilines is 1. The van der Waals surface area contributed by atoms with Crippen LogP contribution >= 0.6 is 0 Å². The fourth-order valence-electron chi connectivity index (χ4n) is 3.17. The Morgan fingerprint density at radius 3 is 2.48 bits per heavy atom. The van der Waals surface area contributed by atoms with Crippen LogP contribution in [0.2, 0.25) is 0 Å². The number of hydrogen-bond donors (Lipinski definition) is 1. The molecule has 0 atom stereocenters.